The molecule has 0 spiro atoms. The first-order chi connectivity index (χ1) is 8.17. The number of alkyl halides is 3. The second kappa shape index (κ2) is 3.88. The van der Waals surface area contributed by atoms with Crippen LogP contribution in [-0.4, -0.2) is 20.9 Å². The fraction of sp³-hybridized carbons (Fsp3) is 0.600. The average molecular weight is 283 g/mol. The number of rotatable bonds is 3. The van der Waals surface area contributed by atoms with E-state index in [1.165, 1.54) is 7.05 Å². The van der Waals surface area contributed by atoms with E-state index >= 15 is 0 Å². The number of halogens is 4. The van der Waals surface area contributed by atoms with Gasteiger partial charge in [-0.15, -0.1) is 0 Å². The van der Waals surface area contributed by atoms with Crippen LogP contribution in [0.25, 0.3) is 0 Å². The molecule has 100 valence electrons. The molecule has 0 saturated heterocycles. The number of carbonyl (C=O) groups is 1. The van der Waals surface area contributed by atoms with Gasteiger partial charge in [0.15, 0.2) is 5.69 Å². The van der Waals surface area contributed by atoms with Crippen molar-refractivity contribution in [3.05, 3.63) is 16.4 Å². The SMILES string of the molecule is Cn1nc(C(F)(F)F)c(C2(CC(=O)O)CC2)c1Cl. The van der Waals surface area contributed by atoms with Gasteiger partial charge in [0.25, 0.3) is 0 Å². The number of carboxylic acids is 1. The molecule has 2 rings (SSSR count). The Morgan fingerprint density at radius 3 is 2.50 bits per heavy atom. The minimum Gasteiger partial charge on any atom is -0.481 e. The van der Waals surface area contributed by atoms with Crippen molar-refractivity contribution in [2.24, 2.45) is 7.05 Å². The summed E-state index contributed by atoms with van der Waals surface area (Å²) >= 11 is 5.84. The molecule has 1 fully saturated rings. The number of aromatic nitrogens is 2. The third-order valence-electron chi connectivity index (χ3n) is 3.12. The van der Waals surface area contributed by atoms with Crippen molar-refractivity contribution in [3.8, 4) is 0 Å². The van der Waals surface area contributed by atoms with Crippen molar-refractivity contribution in [2.75, 3.05) is 0 Å². The Labute approximate surface area is 105 Å². The third kappa shape index (κ3) is 2.07. The Bertz CT molecular complexity index is 506. The number of nitrogens with zero attached hydrogens (tertiary/aromatic N) is 2. The highest BCUT2D eigenvalue weighted by Gasteiger charge is 2.54. The molecule has 8 heteroatoms. The smallest absolute Gasteiger partial charge is 0.435 e. The molecule has 0 aliphatic heterocycles. The first-order valence-corrected chi connectivity index (χ1v) is 5.57. The van der Waals surface area contributed by atoms with E-state index in [-0.39, 0.29) is 17.1 Å². The van der Waals surface area contributed by atoms with E-state index in [1.807, 2.05) is 0 Å². The first-order valence-electron chi connectivity index (χ1n) is 5.19. The average Bonchev–Trinajstić information content (AvgIpc) is 2.87. The summed E-state index contributed by atoms with van der Waals surface area (Å²) in [6.07, 6.45) is -4.22. The molecule has 0 atom stereocenters. The highest BCUT2D eigenvalue weighted by atomic mass is 35.5. The number of hydrogen-bond acceptors (Lipinski definition) is 2. The fourth-order valence-corrected chi connectivity index (χ4v) is 2.46. The summed E-state index contributed by atoms with van der Waals surface area (Å²) in [5.41, 5.74) is -2.27. The second-order valence-corrected chi connectivity index (χ2v) is 4.84. The van der Waals surface area contributed by atoms with Gasteiger partial charge in [-0.25, -0.2) is 0 Å². The van der Waals surface area contributed by atoms with Gasteiger partial charge < -0.3 is 5.11 Å². The molecule has 1 aliphatic carbocycles. The summed E-state index contributed by atoms with van der Waals surface area (Å²) in [6.45, 7) is 0. The largest absolute Gasteiger partial charge is 0.481 e. The topological polar surface area (TPSA) is 55.1 Å². The Balaban J connectivity index is 2.53. The van der Waals surface area contributed by atoms with Gasteiger partial charge in [-0.2, -0.15) is 18.3 Å². The molecule has 0 amide bonds. The van der Waals surface area contributed by atoms with Gasteiger partial charge in [0, 0.05) is 18.0 Å². The van der Waals surface area contributed by atoms with Crippen LogP contribution in [0.2, 0.25) is 5.15 Å². The number of aliphatic carboxylic acids is 1. The van der Waals surface area contributed by atoms with Crippen molar-refractivity contribution in [3.63, 3.8) is 0 Å². The number of aryl methyl sites for hydroxylation is 1. The first kappa shape index (κ1) is 13.2. The fourth-order valence-electron chi connectivity index (χ4n) is 2.13. The summed E-state index contributed by atoms with van der Waals surface area (Å²) in [7, 11) is 1.30. The zero-order valence-electron chi connectivity index (χ0n) is 9.38. The van der Waals surface area contributed by atoms with Crippen LogP contribution in [0.15, 0.2) is 0 Å². The highest BCUT2D eigenvalue weighted by molar-refractivity contribution is 6.30. The summed E-state index contributed by atoms with van der Waals surface area (Å²) in [5, 5.41) is 12.0. The third-order valence-corrected chi connectivity index (χ3v) is 3.55. The van der Waals surface area contributed by atoms with Crippen molar-refractivity contribution < 1.29 is 23.1 Å². The summed E-state index contributed by atoms with van der Waals surface area (Å²) < 4.78 is 39.5. The molecule has 1 aromatic heterocycles. The molecule has 4 nitrogen and oxygen atoms in total. The van der Waals surface area contributed by atoms with E-state index in [4.69, 9.17) is 16.7 Å². The lowest BCUT2D eigenvalue weighted by Gasteiger charge is -2.14. The van der Waals surface area contributed by atoms with E-state index < -0.39 is 23.3 Å². The Morgan fingerprint density at radius 1 is 1.56 bits per heavy atom. The zero-order chi connectivity index (χ0) is 13.7. The summed E-state index contributed by atoms with van der Waals surface area (Å²) in [5.74, 6) is -1.14. The van der Waals surface area contributed by atoms with Gasteiger partial charge in [-0.3, -0.25) is 9.48 Å². The monoisotopic (exact) mass is 282 g/mol. The van der Waals surface area contributed by atoms with Crippen molar-refractivity contribution >= 4 is 17.6 Å². The molecule has 18 heavy (non-hydrogen) atoms. The number of hydrogen-bond donors (Lipinski definition) is 1. The van der Waals surface area contributed by atoms with Crippen molar-refractivity contribution in [1.82, 2.24) is 9.78 Å². The molecular weight excluding hydrogens is 273 g/mol. The minimum absolute atomic E-state index is 0.138. The molecule has 1 aliphatic rings. The molecule has 0 radical (unpaired) electrons. The lowest BCUT2D eigenvalue weighted by atomic mass is 9.92. The van der Waals surface area contributed by atoms with Crippen LogP contribution < -0.4 is 0 Å². The van der Waals surface area contributed by atoms with E-state index in [9.17, 15) is 18.0 Å². The molecule has 0 unspecified atom stereocenters. The quantitative estimate of drug-likeness (QED) is 0.927. The van der Waals surface area contributed by atoms with Gasteiger partial charge in [0.05, 0.1) is 6.42 Å². The van der Waals surface area contributed by atoms with Gasteiger partial charge in [0.1, 0.15) is 5.15 Å². The molecule has 1 aromatic rings. The predicted octanol–water partition coefficient (Wildman–Crippen LogP) is 2.60. The molecule has 1 N–H and O–H groups in total. The van der Waals surface area contributed by atoms with Gasteiger partial charge >= 0.3 is 12.1 Å². The lowest BCUT2D eigenvalue weighted by Crippen LogP contribution is -2.18. The molecular formula is C10H10ClF3N2O2. The minimum atomic E-state index is -4.63. The predicted molar refractivity (Wildman–Crippen MR) is 56.4 cm³/mol. The highest BCUT2D eigenvalue weighted by Crippen LogP contribution is 2.56. The van der Waals surface area contributed by atoms with Gasteiger partial charge in [0.2, 0.25) is 0 Å². The Morgan fingerprint density at radius 2 is 2.11 bits per heavy atom. The molecule has 1 saturated carbocycles. The van der Waals surface area contributed by atoms with Crippen LogP contribution in [0.4, 0.5) is 13.2 Å². The van der Waals surface area contributed by atoms with Crippen molar-refractivity contribution in [2.45, 2.75) is 30.9 Å². The lowest BCUT2D eigenvalue weighted by molar-refractivity contribution is -0.143. The van der Waals surface area contributed by atoms with Crippen LogP contribution in [-0.2, 0) is 23.4 Å². The summed E-state index contributed by atoms with van der Waals surface area (Å²) in [4.78, 5) is 10.8. The van der Waals surface area contributed by atoms with Gasteiger partial charge in [-0.1, -0.05) is 11.6 Å². The Hall–Kier alpha value is -1.24. The zero-order valence-corrected chi connectivity index (χ0v) is 10.1. The maximum absolute atomic E-state index is 12.9. The van der Waals surface area contributed by atoms with Crippen LogP contribution in [0.3, 0.4) is 0 Å². The standard InChI is InChI=1S/C10H10ClF3N2O2/c1-16-8(11)6(7(15-16)10(12,13)14)9(2-3-9)4-5(17)18/h2-4H2,1H3,(H,17,18). The van der Waals surface area contributed by atoms with E-state index in [0.717, 1.165) is 4.68 Å². The second-order valence-electron chi connectivity index (χ2n) is 4.49. The van der Waals surface area contributed by atoms with Crippen molar-refractivity contribution in [1.29, 1.82) is 0 Å². The van der Waals surface area contributed by atoms with Crippen LogP contribution in [0.5, 0.6) is 0 Å². The summed E-state index contributed by atoms with van der Waals surface area (Å²) in [6, 6.07) is 0. The Kier molecular flexibility index (Phi) is 2.84. The number of carboxylic acid groups (broad SMARTS) is 1. The maximum atomic E-state index is 12.9. The normalized spacial score (nSPS) is 17.8. The molecule has 1 heterocycles. The van der Waals surface area contributed by atoms with E-state index in [0.29, 0.717) is 12.8 Å². The van der Waals surface area contributed by atoms with E-state index in [2.05, 4.69) is 5.10 Å². The van der Waals surface area contributed by atoms with Gasteiger partial charge in [-0.05, 0) is 12.8 Å². The van der Waals surface area contributed by atoms with Crippen LogP contribution in [0.1, 0.15) is 30.5 Å². The van der Waals surface area contributed by atoms with E-state index in [1.54, 1.807) is 0 Å². The molecule has 0 aromatic carbocycles. The van der Waals surface area contributed by atoms with Crippen LogP contribution >= 0.6 is 11.6 Å². The van der Waals surface area contributed by atoms with Crippen LogP contribution in [0, 0.1) is 0 Å². The molecule has 0 bridgehead atoms. The maximum Gasteiger partial charge on any atom is 0.435 e.